The number of nitriles is 1. The van der Waals surface area contributed by atoms with E-state index in [2.05, 4.69) is 6.58 Å². The molecule has 0 N–H and O–H groups in total. The van der Waals surface area contributed by atoms with Crippen LogP contribution in [-0.2, 0) is 12.7 Å². The lowest BCUT2D eigenvalue weighted by Crippen LogP contribution is -2.30. The van der Waals surface area contributed by atoms with Crippen molar-refractivity contribution in [3.05, 3.63) is 83.4 Å². The molecule has 1 amide bonds. The van der Waals surface area contributed by atoms with Gasteiger partial charge in [0.05, 0.1) is 17.2 Å². The molecule has 0 aliphatic heterocycles. The monoisotopic (exact) mass is 344 g/mol. The molecule has 0 heterocycles. The van der Waals surface area contributed by atoms with Crippen molar-refractivity contribution in [2.75, 3.05) is 6.54 Å². The maximum absolute atomic E-state index is 12.6. The molecule has 0 fully saturated rings. The Balaban J connectivity index is 2.19. The second-order valence-electron chi connectivity index (χ2n) is 5.36. The number of rotatable bonds is 5. The van der Waals surface area contributed by atoms with E-state index < -0.39 is 17.6 Å². The van der Waals surface area contributed by atoms with E-state index in [1.54, 1.807) is 30.3 Å². The molecule has 3 nitrogen and oxygen atoms in total. The lowest BCUT2D eigenvalue weighted by Gasteiger charge is -2.21. The number of hydrogen-bond acceptors (Lipinski definition) is 2. The first kappa shape index (κ1) is 18.3. The topological polar surface area (TPSA) is 44.1 Å². The van der Waals surface area contributed by atoms with Crippen molar-refractivity contribution in [1.29, 1.82) is 5.26 Å². The highest BCUT2D eigenvalue weighted by Gasteiger charge is 2.30. The Morgan fingerprint density at radius 3 is 2.20 bits per heavy atom. The second-order valence-corrected chi connectivity index (χ2v) is 5.36. The average Bonchev–Trinajstić information content (AvgIpc) is 2.61. The highest BCUT2D eigenvalue weighted by atomic mass is 19.4. The lowest BCUT2D eigenvalue weighted by atomic mass is 10.1. The van der Waals surface area contributed by atoms with Crippen LogP contribution in [0.15, 0.2) is 61.2 Å². The minimum atomic E-state index is -4.44. The Hall–Kier alpha value is -3.07. The zero-order chi connectivity index (χ0) is 18.4. The molecule has 0 unspecified atom stereocenters. The SMILES string of the molecule is C=CCN(Cc1ccc(C#N)cc1)C(=O)c1ccc(C(F)(F)F)cc1. The number of amides is 1. The molecular formula is C19H15F3N2O. The predicted octanol–water partition coefficient (Wildman–Crippen LogP) is 4.41. The van der Waals surface area contributed by atoms with Gasteiger partial charge in [-0.3, -0.25) is 4.79 Å². The van der Waals surface area contributed by atoms with Crippen molar-refractivity contribution in [1.82, 2.24) is 4.90 Å². The van der Waals surface area contributed by atoms with Crippen LogP contribution < -0.4 is 0 Å². The van der Waals surface area contributed by atoms with E-state index in [0.29, 0.717) is 5.56 Å². The Kier molecular flexibility index (Phi) is 5.60. The fraction of sp³-hybridized carbons (Fsp3) is 0.158. The molecule has 0 atom stereocenters. The third-order valence-corrected chi connectivity index (χ3v) is 3.55. The van der Waals surface area contributed by atoms with Gasteiger partial charge in [-0.1, -0.05) is 18.2 Å². The van der Waals surface area contributed by atoms with Crippen molar-refractivity contribution < 1.29 is 18.0 Å². The van der Waals surface area contributed by atoms with Crippen molar-refractivity contribution in [3.63, 3.8) is 0 Å². The maximum atomic E-state index is 12.6. The van der Waals surface area contributed by atoms with Gasteiger partial charge in [-0.2, -0.15) is 18.4 Å². The number of carbonyl (C=O) groups excluding carboxylic acids is 1. The van der Waals surface area contributed by atoms with Crippen molar-refractivity contribution >= 4 is 5.91 Å². The van der Waals surface area contributed by atoms with Gasteiger partial charge in [0.2, 0.25) is 0 Å². The molecule has 6 heteroatoms. The number of alkyl halides is 3. The summed E-state index contributed by atoms with van der Waals surface area (Å²) in [5, 5.41) is 8.80. The molecule has 128 valence electrons. The zero-order valence-corrected chi connectivity index (χ0v) is 13.3. The zero-order valence-electron chi connectivity index (χ0n) is 13.3. The average molecular weight is 344 g/mol. The molecule has 2 rings (SSSR count). The summed E-state index contributed by atoms with van der Waals surface area (Å²) in [7, 11) is 0. The van der Waals surface area contributed by atoms with Crippen LogP contribution in [0, 0.1) is 11.3 Å². The Morgan fingerprint density at radius 2 is 1.72 bits per heavy atom. The van der Waals surface area contributed by atoms with Crippen molar-refractivity contribution in [2.24, 2.45) is 0 Å². The summed E-state index contributed by atoms with van der Waals surface area (Å²) in [6.07, 6.45) is -2.89. The summed E-state index contributed by atoms with van der Waals surface area (Å²) in [4.78, 5) is 14.0. The quantitative estimate of drug-likeness (QED) is 0.755. The van der Waals surface area contributed by atoms with Crippen LogP contribution in [-0.4, -0.2) is 17.4 Å². The third kappa shape index (κ3) is 4.70. The second kappa shape index (κ2) is 7.67. The Bertz CT molecular complexity index is 787. The van der Waals surface area contributed by atoms with Crippen LogP contribution in [0.25, 0.3) is 0 Å². The van der Waals surface area contributed by atoms with E-state index in [9.17, 15) is 18.0 Å². The molecule has 2 aromatic rings. The van der Waals surface area contributed by atoms with Gasteiger partial charge in [-0.25, -0.2) is 0 Å². The summed E-state index contributed by atoms with van der Waals surface area (Å²) < 4.78 is 37.9. The maximum Gasteiger partial charge on any atom is 0.416 e. The molecule has 2 aromatic carbocycles. The number of halogens is 3. The minimum absolute atomic E-state index is 0.170. The first-order valence-corrected chi connectivity index (χ1v) is 7.41. The molecule has 0 spiro atoms. The summed E-state index contributed by atoms with van der Waals surface area (Å²) in [5.41, 5.74) is 0.684. The van der Waals surface area contributed by atoms with Crippen LogP contribution in [0.5, 0.6) is 0 Å². The minimum Gasteiger partial charge on any atom is -0.331 e. The fourth-order valence-electron chi connectivity index (χ4n) is 2.26. The largest absolute Gasteiger partial charge is 0.416 e. The molecule has 0 aliphatic rings. The summed E-state index contributed by atoms with van der Waals surface area (Å²) in [5.74, 6) is -0.391. The van der Waals surface area contributed by atoms with Crippen LogP contribution in [0.1, 0.15) is 27.0 Å². The number of benzene rings is 2. The molecule has 0 aromatic heterocycles. The lowest BCUT2D eigenvalue weighted by molar-refractivity contribution is -0.137. The molecule has 0 saturated heterocycles. The highest BCUT2D eigenvalue weighted by Crippen LogP contribution is 2.29. The first-order valence-electron chi connectivity index (χ1n) is 7.41. The van der Waals surface area contributed by atoms with Gasteiger partial charge < -0.3 is 4.90 Å². The first-order chi connectivity index (χ1) is 11.8. The van der Waals surface area contributed by atoms with E-state index in [4.69, 9.17) is 5.26 Å². The smallest absolute Gasteiger partial charge is 0.331 e. The van der Waals surface area contributed by atoms with Crippen LogP contribution >= 0.6 is 0 Å². The fourth-order valence-corrected chi connectivity index (χ4v) is 2.26. The highest BCUT2D eigenvalue weighted by molar-refractivity contribution is 5.94. The molecule has 0 bridgehead atoms. The number of hydrogen-bond donors (Lipinski definition) is 0. The standard InChI is InChI=1S/C19H15F3N2O/c1-2-11-24(13-15-5-3-14(12-23)4-6-15)18(25)16-7-9-17(10-8-16)19(20,21)22/h2-10H,1,11,13H2. The molecule has 25 heavy (non-hydrogen) atoms. The Morgan fingerprint density at radius 1 is 1.12 bits per heavy atom. The number of nitrogens with zero attached hydrogens (tertiary/aromatic N) is 2. The van der Waals surface area contributed by atoms with E-state index >= 15 is 0 Å². The van der Waals surface area contributed by atoms with Crippen LogP contribution in [0.4, 0.5) is 13.2 Å². The number of carbonyl (C=O) groups is 1. The van der Waals surface area contributed by atoms with Crippen molar-refractivity contribution in [3.8, 4) is 6.07 Å². The molecular weight excluding hydrogens is 329 g/mol. The Labute approximate surface area is 143 Å². The summed E-state index contributed by atoms with van der Waals surface area (Å²) in [6.45, 7) is 4.12. The predicted molar refractivity (Wildman–Crippen MR) is 87.5 cm³/mol. The van der Waals surface area contributed by atoms with Gasteiger partial charge >= 0.3 is 6.18 Å². The van der Waals surface area contributed by atoms with E-state index in [1.165, 1.54) is 17.0 Å². The van der Waals surface area contributed by atoms with Gasteiger partial charge in [-0.15, -0.1) is 6.58 Å². The van der Waals surface area contributed by atoms with Crippen LogP contribution in [0.2, 0.25) is 0 Å². The molecule has 0 saturated carbocycles. The van der Waals surface area contributed by atoms with E-state index in [1.807, 2.05) is 6.07 Å². The summed E-state index contributed by atoms with van der Waals surface area (Å²) in [6, 6.07) is 12.9. The van der Waals surface area contributed by atoms with Crippen LogP contribution in [0.3, 0.4) is 0 Å². The van der Waals surface area contributed by atoms with Gasteiger partial charge in [0.1, 0.15) is 0 Å². The van der Waals surface area contributed by atoms with Gasteiger partial charge in [0.25, 0.3) is 5.91 Å². The van der Waals surface area contributed by atoms with Gasteiger partial charge in [0, 0.05) is 18.7 Å². The van der Waals surface area contributed by atoms with Gasteiger partial charge in [-0.05, 0) is 42.0 Å². The van der Waals surface area contributed by atoms with Gasteiger partial charge in [0.15, 0.2) is 0 Å². The van der Waals surface area contributed by atoms with E-state index in [-0.39, 0.29) is 18.7 Å². The third-order valence-electron chi connectivity index (χ3n) is 3.55. The molecule has 0 aliphatic carbocycles. The van der Waals surface area contributed by atoms with Crippen molar-refractivity contribution in [2.45, 2.75) is 12.7 Å². The molecule has 0 radical (unpaired) electrons. The van der Waals surface area contributed by atoms with E-state index in [0.717, 1.165) is 17.7 Å². The summed E-state index contributed by atoms with van der Waals surface area (Å²) >= 11 is 0. The normalized spacial score (nSPS) is 10.8.